The molecule has 2 atom stereocenters. The molecule has 0 bridgehead atoms. The van der Waals surface area contributed by atoms with E-state index in [1.54, 1.807) is 0 Å². The van der Waals surface area contributed by atoms with Crippen molar-refractivity contribution in [2.75, 3.05) is 41.0 Å². The highest BCUT2D eigenvalue weighted by atomic mass is 16.6. The molecular weight excluding hydrogens is 703 g/mol. The number of allylic oxidation sites excluding steroid dienone is 8. The minimum atomic E-state index is -0.883. The van der Waals surface area contributed by atoms with Gasteiger partial charge in [0.2, 0.25) is 0 Å². The van der Waals surface area contributed by atoms with Crippen molar-refractivity contribution in [3.05, 3.63) is 48.6 Å². The van der Waals surface area contributed by atoms with Crippen LogP contribution in [0, 0.1) is 0 Å². The normalized spacial score (nSPS) is 13.4. The quantitative estimate of drug-likeness (QED) is 0.0286. The number of aliphatic carboxylic acids is 1. The number of rotatable bonds is 40. The van der Waals surface area contributed by atoms with Gasteiger partial charge in [0, 0.05) is 19.3 Å². The maximum Gasteiger partial charge on any atom is 0.362 e. The van der Waals surface area contributed by atoms with Gasteiger partial charge in [0.25, 0.3) is 0 Å². The molecule has 8 nitrogen and oxygen atoms in total. The predicted molar refractivity (Wildman–Crippen MR) is 234 cm³/mol. The number of likely N-dealkylation sites (N-methyl/N-ethyl adjacent to an activating group) is 1. The van der Waals surface area contributed by atoms with E-state index in [2.05, 4.69) is 62.5 Å². The molecule has 56 heavy (non-hydrogen) atoms. The number of ether oxygens (including phenoxy) is 3. The van der Waals surface area contributed by atoms with Gasteiger partial charge >= 0.3 is 17.9 Å². The molecule has 0 aromatic rings. The highest BCUT2D eigenvalue weighted by Gasteiger charge is 2.31. The lowest BCUT2D eigenvalue weighted by Gasteiger charge is -2.31. The van der Waals surface area contributed by atoms with E-state index < -0.39 is 18.1 Å². The number of esters is 2. The van der Waals surface area contributed by atoms with Gasteiger partial charge in [-0.15, -0.1) is 0 Å². The number of quaternary nitrogens is 1. The zero-order valence-electron chi connectivity index (χ0n) is 36.8. The molecule has 0 fully saturated rings. The lowest BCUT2D eigenvalue weighted by molar-refractivity contribution is -0.887. The fraction of sp³-hybridized carbons (Fsp3) is 0.771. The Balaban J connectivity index is 4.42. The number of hydrogen-bond acceptors (Lipinski definition) is 6. The first kappa shape index (κ1) is 53.3. The van der Waals surface area contributed by atoms with Gasteiger partial charge in [-0.3, -0.25) is 9.59 Å². The molecule has 0 heterocycles. The van der Waals surface area contributed by atoms with Crippen LogP contribution in [0.4, 0.5) is 0 Å². The fourth-order valence-corrected chi connectivity index (χ4v) is 6.40. The molecule has 0 aromatic carbocycles. The van der Waals surface area contributed by atoms with E-state index in [-0.39, 0.29) is 42.7 Å². The van der Waals surface area contributed by atoms with Crippen LogP contribution in [-0.2, 0) is 28.6 Å². The van der Waals surface area contributed by atoms with Crippen molar-refractivity contribution in [3.8, 4) is 0 Å². The first-order chi connectivity index (χ1) is 27.1. The number of nitrogens with zero attached hydrogens (tertiary/aromatic N) is 1. The van der Waals surface area contributed by atoms with E-state index in [1.807, 2.05) is 21.1 Å². The number of hydrogen-bond donors (Lipinski definition) is 1. The second kappa shape index (κ2) is 39.1. The minimum Gasteiger partial charge on any atom is -0.477 e. The second-order valence-corrected chi connectivity index (χ2v) is 16.3. The van der Waals surface area contributed by atoms with Gasteiger partial charge in [-0.25, -0.2) is 4.79 Å². The van der Waals surface area contributed by atoms with Crippen LogP contribution >= 0.6 is 0 Å². The van der Waals surface area contributed by atoms with E-state index in [1.165, 1.54) is 109 Å². The highest BCUT2D eigenvalue weighted by molar-refractivity contribution is 5.72. The molecule has 0 aliphatic carbocycles. The second-order valence-electron chi connectivity index (χ2n) is 16.3. The molecule has 2 unspecified atom stereocenters. The molecule has 0 rings (SSSR count). The standard InChI is InChI=1S/C48H85NO7/c1-6-8-10-12-14-16-18-20-22-23-25-26-28-30-32-34-36-38-46(50)55-43-44(42-54-41-40-45(48(52)53)49(3,4)5)56-47(51)39-37-35-33-31-29-27-24-21-19-17-15-13-11-9-7-2/h17,19-20,22,25-26,30,32,44-45H,6-16,18,21,23-24,27-29,31,33-43H2,1-5H3/p+1/b19-17+,22-20+,26-25+,32-30+. The summed E-state index contributed by atoms with van der Waals surface area (Å²) in [6.07, 6.45) is 45.9. The van der Waals surface area contributed by atoms with Crippen LogP contribution in [0.5, 0.6) is 0 Å². The Labute approximate surface area is 344 Å². The van der Waals surface area contributed by atoms with Crippen molar-refractivity contribution < 1.29 is 38.2 Å². The van der Waals surface area contributed by atoms with Crippen molar-refractivity contribution in [1.82, 2.24) is 0 Å². The van der Waals surface area contributed by atoms with Crippen molar-refractivity contribution in [2.45, 2.75) is 199 Å². The average molecular weight is 789 g/mol. The summed E-state index contributed by atoms with van der Waals surface area (Å²) in [4.78, 5) is 37.0. The van der Waals surface area contributed by atoms with Crippen LogP contribution in [0.3, 0.4) is 0 Å². The van der Waals surface area contributed by atoms with Crippen LogP contribution in [0.1, 0.15) is 187 Å². The molecule has 0 radical (unpaired) electrons. The number of carbonyl (C=O) groups is 3. The average Bonchev–Trinajstić information content (AvgIpc) is 3.15. The summed E-state index contributed by atoms with van der Waals surface area (Å²) < 4.78 is 17.2. The molecule has 1 N–H and O–H groups in total. The first-order valence-corrected chi connectivity index (χ1v) is 22.7. The summed E-state index contributed by atoms with van der Waals surface area (Å²) in [6.45, 7) is 4.66. The molecule has 0 aliphatic heterocycles. The minimum absolute atomic E-state index is 0.0434. The molecule has 0 amide bonds. The van der Waals surface area contributed by atoms with E-state index in [0.29, 0.717) is 19.3 Å². The van der Waals surface area contributed by atoms with Crippen molar-refractivity contribution in [2.24, 2.45) is 0 Å². The molecule has 0 aromatic heterocycles. The van der Waals surface area contributed by atoms with Gasteiger partial charge in [-0.2, -0.15) is 0 Å². The van der Waals surface area contributed by atoms with Gasteiger partial charge in [0.15, 0.2) is 12.1 Å². The molecule has 0 aliphatic rings. The maximum absolute atomic E-state index is 12.7. The Bertz CT molecular complexity index is 1060. The Kier molecular flexibility index (Phi) is 37.2. The highest BCUT2D eigenvalue weighted by Crippen LogP contribution is 2.13. The fourth-order valence-electron chi connectivity index (χ4n) is 6.40. The Morgan fingerprint density at radius 3 is 1.48 bits per heavy atom. The smallest absolute Gasteiger partial charge is 0.362 e. The van der Waals surface area contributed by atoms with Crippen LogP contribution in [0.15, 0.2) is 48.6 Å². The van der Waals surface area contributed by atoms with E-state index in [9.17, 15) is 19.5 Å². The largest absolute Gasteiger partial charge is 0.477 e. The third-order valence-electron chi connectivity index (χ3n) is 9.95. The number of carboxylic acid groups (broad SMARTS) is 1. The molecule has 0 saturated carbocycles. The molecule has 0 spiro atoms. The number of carbonyl (C=O) groups excluding carboxylic acids is 2. The lowest BCUT2D eigenvalue weighted by Crippen LogP contribution is -2.50. The Morgan fingerprint density at radius 2 is 0.964 bits per heavy atom. The SMILES string of the molecule is CCCCCC/C=C/CCCCCCCCCC(=O)OC(COCCC(C(=O)O)[N+](C)(C)C)COC(=O)CCC/C=C/C/C=C/C/C=C/CCCCCCCC. The van der Waals surface area contributed by atoms with Crippen LogP contribution in [-0.4, -0.2) is 80.6 Å². The van der Waals surface area contributed by atoms with Gasteiger partial charge in [-0.1, -0.05) is 146 Å². The zero-order valence-corrected chi connectivity index (χ0v) is 36.8. The van der Waals surface area contributed by atoms with Gasteiger partial charge < -0.3 is 23.8 Å². The van der Waals surface area contributed by atoms with Crippen LogP contribution in [0.25, 0.3) is 0 Å². The van der Waals surface area contributed by atoms with Gasteiger partial charge in [0.1, 0.15) is 6.61 Å². The number of carboxylic acids is 1. The van der Waals surface area contributed by atoms with Crippen molar-refractivity contribution in [3.63, 3.8) is 0 Å². The van der Waals surface area contributed by atoms with E-state index in [0.717, 1.165) is 38.5 Å². The van der Waals surface area contributed by atoms with Crippen LogP contribution in [0.2, 0.25) is 0 Å². The van der Waals surface area contributed by atoms with Crippen molar-refractivity contribution >= 4 is 17.9 Å². The number of unbranched alkanes of at least 4 members (excludes halogenated alkanes) is 18. The van der Waals surface area contributed by atoms with Crippen LogP contribution < -0.4 is 0 Å². The predicted octanol–water partition coefficient (Wildman–Crippen LogP) is 12.4. The maximum atomic E-state index is 12.7. The Hall–Kier alpha value is -2.71. The Morgan fingerprint density at radius 1 is 0.536 bits per heavy atom. The molecule has 324 valence electrons. The lowest BCUT2D eigenvalue weighted by atomic mass is 10.1. The summed E-state index contributed by atoms with van der Waals surface area (Å²) >= 11 is 0. The molecular formula is C48H86NO7+. The summed E-state index contributed by atoms with van der Waals surface area (Å²) in [5.74, 6) is -1.54. The third-order valence-corrected chi connectivity index (χ3v) is 9.95. The third kappa shape index (κ3) is 36.9. The van der Waals surface area contributed by atoms with E-state index >= 15 is 0 Å². The van der Waals surface area contributed by atoms with E-state index in [4.69, 9.17) is 14.2 Å². The molecule has 8 heteroatoms. The molecule has 0 saturated heterocycles. The topological polar surface area (TPSA) is 99.1 Å². The van der Waals surface area contributed by atoms with Crippen molar-refractivity contribution in [1.29, 1.82) is 0 Å². The first-order valence-electron chi connectivity index (χ1n) is 22.7. The summed E-state index contributed by atoms with van der Waals surface area (Å²) in [7, 11) is 5.51. The monoisotopic (exact) mass is 789 g/mol. The summed E-state index contributed by atoms with van der Waals surface area (Å²) in [6, 6.07) is -0.623. The van der Waals surface area contributed by atoms with Gasteiger partial charge in [0.05, 0.1) is 34.4 Å². The summed E-state index contributed by atoms with van der Waals surface area (Å²) in [5, 5.41) is 9.62. The zero-order chi connectivity index (χ0) is 41.4. The summed E-state index contributed by atoms with van der Waals surface area (Å²) in [5.41, 5.74) is 0. The van der Waals surface area contributed by atoms with Gasteiger partial charge in [-0.05, 0) is 70.6 Å².